The zero-order chi connectivity index (χ0) is 13.0. The number of ether oxygens (including phenoxy) is 1. The molecule has 2 heterocycles. The first-order chi connectivity index (χ1) is 8.70. The number of hydrogen-bond donors (Lipinski definition) is 1. The zero-order valence-corrected chi connectivity index (χ0v) is 9.50. The maximum atomic E-state index is 11.6. The summed E-state index contributed by atoms with van der Waals surface area (Å²) in [5.74, 6) is -0.266. The first kappa shape index (κ1) is 11.9. The molecule has 94 valence electrons. The van der Waals surface area contributed by atoms with Crippen molar-refractivity contribution in [2.45, 2.75) is 0 Å². The van der Waals surface area contributed by atoms with Crippen LogP contribution in [0, 0.1) is 0 Å². The van der Waals surface area contributed by atoms with E-state index in [1.807, 2.05) is 0 Å². The number of amides is 1. The number of esters is 1. The van der Waals surface area contributed by atoms with Gasteiger partial charge in [-0.15, -0.1) is 0 Å². The molecule has 0 bridgehead atoms. The minimum atomic E-state index is -0.543. The monoisotopic (exact) mass is 250 g/mol. The highest BCUT2D eigenvalue weighted by Gasteiger charge is 2.15. The summed E-state index contributed by atoms with van der Waals surface area (Å²) in [7, 11) is 1.24. The van der Waals surface area contributed by atoms with Gasteiger partial charge in [0.1, 0.15) is 6.54 Å². The highest BCUT2D eigenvalue weighted by Crippen LogP contribution is 2.20. The molecule has 0 saturated carbocycles. The molecule has 7 nitrogen and oxygen atoms in total. The minimum Gasteiger partial charge on any atom is -0.468 e. The van der Waals surface area contributed by atoms with Crippen LogP contribution in [0.5, 0.6) is 0 Å². The molecule has 18 heavy (non-hydrogen) atoms. The van der Waals surface area contributed by atoms with Crippen molar-refractivity contribution >= 4 is 11.9 Å². The number of rotatable bonds is 4. The smallest absolute Gasteiger partial charge is 0.325 e. The topological polar surface area (TPSA) is 94.6 Å². The highest BCUT2D eigenvalue weighted by atomic mass is 16.5. The highest BCUT2D eigenvalue weighted by molar-refractivity contribution is 5.94. The molecule has 2 aromatic rings. The molecule has 0 atom stereocenters. The van der Waals surface area contributed by atoms with Crippen LogP contribution in [0.1, 0.15) is 10.5 Å². The molecule has 0 saturated heterocycles. The second-order valence-corrected chi connectivity index (χ2v) is 3.31. The van der Waals surface area contributed by atoms with Crippen molar-refractivity contribution < 1.29 is 23.3 Å². The van der Waals surface area contributed by atoms with E-state index in [-0.39, 0.29) is 12.2 Å². The third-order valence-corrected chi connectivity index (χ3v) is 2.13. The van der Waals surface area contributed by atoms with Gasteiger partial charge in [-0.25, -0.2) is 0 Å². The van der Waals surface area contributed by atoms with Gasteiger partial charge in [-0.3, -0.25) is 9.59 Å². The predicted octanol–water partition coefficient (Wildman–Crippen LogP) is 0.837. The van der Waals surface area contributed by atoms with E-state index < -0.39 is 11.9 Å². The van der Waals surface area contributed by atoms with Crippen LogP contribution < -0.4 is 5.32 Å². The lowest BCUT2D eigenvalue weighted by Crippen LogP contribution is -2.30. The third-order valence-electron chi connectivity index (χ3n) is 2.13. The maximum absolute atomic E-state index is 11.6. The summed E-state index contributed by atoms with van der Waals surface area (Å²) in [6, 6.07) is 4.79. The molecular weight excluding hydrogens is 240 g/mol. The van der Waals surface area contributed by atoms with Gasteiger partial charge < -0.3 is 19.0 Å². The Morgan fingerprint density at radius 2 is 2.28 bits per heavy atom. The van der Waals surface area contributed by atoms with Crippen LogP contribution in [-0.2, 0) is 9.53 Å². The van der Waals surface area contributed by atoms with Gasteiger partial charge in [0.05, 0.1) is 13.4 Å². The Bertz CT molecular complexity index is 544. The van der Waals surface area contributed by atoms with E-state index in [9.17, 15) is 9.59 Å². The molecule has 1 amide bonds. The van der Waals surface area contributed by atoms with E-state index in [2.05, 4.69) is 15.2 Å². The van der Waals surface area contributed by atoms with Gasteiger partial charge in [-0.05, 0) is 12.1 Å². The Labute approximate surface area is 102 Å². The third kappa shape index (κ3) is 2.57. The van der Waals surface area contributed by atoms with Gasteiger partial charge in [0.15, 0.2) is 11.5 Å². The minimum absolute atomic E-state index is 0.0605. The average Bonchev–Trinajstić information content (AvgIpc) is 3.04. The molecule has 2 aromatic heterocycles. The number of carbonyl (C=O) groups is 2. The van der Waals surface area contributed by atoms with Crippen LogP contribution >= 0.6 is 0 Å². The maximum Gasteiger partial charge on any atom is 0.325 e. The van der Waals surface area contributed by atoms with Gasteiger partial charge in [0.25, 0.3) is 5.91 Å². The van der Waals surface area contributed by atoms with Crippen LogP contribution in [0.4, 0.5) is 0 Å². The van der Waals surface area contributed by atoms with Crippen molar-refractivity contribution in [3.05, 3.63) is 30.2 Å². The molecule has 0 radical (unpaired) electrons. The summed E-state index contributed by atoms with van der Waals surface area (Å²) in [5, 5.41) is 5.92. The number of nitrogens with zero attached hydrogens (tertiary/aromatic N) is 1. The lowest BCUT2D eigenvalue weighted by atomic mass is 10.3. The fourth-order valence-corrected chi connectivity index (χ4v) is 1.23. The SMILES string of the molecule is COC(=O)CNC(=O)c1cc(-c2ccco2)on1. The zero-order valence-electron chi connectivity index (χ0n) is 9.50. The summed E-state index contributed by atoms with van der Waals surface area (Å²) < 4.78 is 14.4. The summed E-state index contributed by atoms with van der Waals surface area (Å²) in [4.78, 5) is 22.4. The van der Waals surface area contributed by atoms with Gasteiger partial charge >= 0.3 is 5.97 Å². The van der Waals surface area contributed by atoms with Crippen LogP contribution in [0.2, 0.25) is 0 Å². The molecule has 1 N–H and O–H groups in total. The Morgan fingerprint density at radius 3 is 2.94 bits per heavy atom. The van der Waals surface area contributed by atoms with E-state index in [1.165, 1.54) is 19.4 Å². The van der Waals surface area contributed by atoms with Crippen molar-refractivity contribution in [2.24, 2.45) is 0 Å². The molecule has 0 aliphatic carbocycles. The first-order valence-corrected chi connectivity index (χ1v) is 5.06. The Morgan fingerprint density at radius 1 is 1.44 bits per heavy atom. The quantitative estimate of drug-likeness (QED) is 0.808. The number of carbonyl (C=O) groups excluding carboxylic acids is 2. The number of methoxy groups -OCH3 is 1. The lowest BCUT2D eigenvalue weighted by molar-refractivity contribution is -0.139. The Kier molecular flexibility index (Phi) is 3.42. The van der Waals surface area contributed by atoms with Gasteiger partial charge in [-0.1, -0.05) is 5.16 Å². The molecule has 7 heteroatoms. The molecule has 0 aliphatic rings. The summed E-state index contributed by atoms with van der Waals surface area (Å²) >= 11 is 0. The van der Waals surface area contributed by atoms with E-state index in [0.717, 1.165) is 0 Å². The van der Waals surface area contributed by atoms with E-state index in [0.29, 0.717) is 11.5 Å². The summed E-state index contributed by atoms with van der Waals surface area (Å²) in [5.41, 5.74) is 0.0605. The van der Waals surface area contributed by atoms with Crippen molar-refractivity contribution in [2.75, 3.05) is 13.7 Å². The molecule has 2 rings (SSSR count). The first-order valence-electron chi connectivity index (χ1n) is 5.06. The van der Waals surface area contributed by atoms with Crippen LogP contribution in [-0.4, -0.2) is 30.7 Å². The van der Waals surface area contributed by atoms with E-state index in [4.69, 9.17) is 8.94 Å². The number of aromatic nitrogens is 1. The second kappa shape index (κ2) is 5.17. The summed E-state index contributed by atoms with van der Waals surface area (Å²) in [6.07, 6.45) is 1.48. The largest absolute Gasteiger partial charge is 0.468 e. The van der Waals surface area contributed by atoms with Crippen LogP contribution in [0.25, 0.3) is 11.5 Å². The molecular formula is C11H10N2O5. The Hall–Kier alpha value is -2.57. The molecule has 0 spiro atoms. The van der Waals surface area contributed by atoms with Crippen LogP contribution in [0.15, 0.2) is 33.4 Å². The van der Waals surface area contributed by atoms with Gasteiger partial charge in [-0.2, -0.15) is 0 Å². The second-order valence-electron chi connectivity index (χ2n) is 3.31. The Balaban J connectivity index is 2.02. The fourth-order valence-electron chi connectivity index (χ4n) is 1.23. The number of furan rings is 1. The summed E-state index contributed by atoms with van der Waals surface area (Å²) in [6.45, 7) is -0.224. The number of nitrogens with one attached hydrogen (secondary N) is 1. The van der Waals surface area contributed by atoms with Crippen molar-refractivity contribution in [1.29, 1.82) is 0 Å². The van der Waals surface area contributed by atoms with Crippen molar-refractivity contribution in [3.63, 3.8) is 0 Å². The van der Waals surface area contributed by atoms with Crippen LogP contribution in [0.3, 0.4) is 0 Å². The number of hydrogen-bond acceptors (Lipinski definition) is 6. The van der Waals surface area contributed by atoms with E-state index in [1.54, 1.807) is 12.1 Å². The van der Waals surface area contributed by atoms with Gasteiger partial charge in [0.2, 0.25) is 5.76 Å². The predicted molar refractivity (Wildman–Crippen MR) is 58.6 cm³/mol. The lowest BCUT2D eigenvalue weighted by Gasteiger charge is -1.99. The van der Waals surface area contributed by atoms with Crippen molar-refractivity contribution in [3.8, 4) is 11.5 Å². The fraction of sp³-hybridized carbons (Fsp3) is 0.182. The average molecular weight is 250 g/mol. The molecule has 0 unspecified atom stereocenters. The normalized spacial score (nSPS) is 10.1. The van der Waals surface area contributed by atoms with E-state index >= 15 is 0 Å². The van der Waals surface area contributed by atoms with Gasteiger partial charge in [0, 0.05) is 6.07 Å². The standard InChI is InChI=1S/C11H10N2O5/c1-16-10(14)6-12-11(15)7-5-9(18-13-7)8-3-2-4-17-8/h2-5H,6H2,1H3,(H,12,15). The molecule has 0 aromatic carbocycles. The molecule has 0 fully saturated rings. The van der Waals surface area contributed by atoms with Crippen molar-refractivity contribution in [1.82, 2.24) is 10.5 Å². The molecule has 0 aliphatic heterocycles.